The SMILES string of the molecule is CCCCC(NC(N)=O)C(=O)N(C)C1CCNCC1.Cl. The lowest BCUT2D eigenvalue weighted by atomic mass is 10.0. The fourth-order valence-corrected chi connectivity index (χ4v) is 2.46. The average Bonchev–Trinajstić information content (AvgIpc) is 2.42. The van der Waals surface area contributed by atoms with Gasteiger partial charge in [0.15, 0.2) is 0 Å². The van der Waals surface area contributed by atoms with Crippen molar-refractivity contribution in [3.05, 3.63) is 0 Å². The van der Waals surface area contributed by atoms with Crippen molar-refractivity contribution in [2.24, 2.45) is 5.73 Å². The number of carbonyl (C=O) groups excluding carboxylic acids is 2. The maximum atomic E-state index is 12.4. The fourth-order valence-electron chi connectivity index (χ4n) is 2.46. The first-order chi connectivity index (χ1) is 9.06. The molecule has 1 atom stereocenters. The summed E-state index contributed by atoms with van der Waals surface area (Å²) in [5.41, 5.74) is 5.15. The Morgan fingerprint density at radius 3 is 2.50 bits per heavy atom. The largest absolute Gasteiger partial charge is 0.352 e. The Labute approximate surface area is 127 Å². The molecule has 1 aliphatic heterocycles. The molecule has 0 aromatic carbocycles. The lowest BCUT2D eigenvalue weighted by Gasteiger charge is -2.34. The second-order valence-electron chi connectivity index (χ2n) is 5.13. The van der Waals surface area contributed by atoms with Crippen LogP contribution >= 0.6 is 12.4 Å². The summed E-state index contributed by atoms with van der Waals surface area (Å²) in [6.07, 6.45) is 4.45. The Hall–Kier alpha value is -1.01. The zero-order valence-corrected chi connectivity index (χ0v) is 13.2. The van der Waals surface area contributed by atoms with E-state index in [2.05, 4.69) is 17.6 Å². The van der Waals surface area contributed by atoms with Crippen molar-refractivity contribution in [1.82, 2.24) is 15.5 Å². The van der Waals surface area contributed by atoms with Crippen LogP contribution in [0.3, 0.4) is 0 Å². The molecule has 1 saturated heterocycles. The van der Waals surface area contributed by atoms with Gasteiger partial charge in [0.25, 0.3) is 0 Å². The van der Waals surface area contributed by atoms with Crippen molar-refractivity contribution in [2.75, 3.05) is 20.1 Å². The highest BCUT2D eigenvalue weighted by Gasteiger charge is 2.28. The molecular formula is C13H27ClN4O2. The van der Waals surface area contributed by atoms with Crippen LogP contribution in [0.15, 0.2) is 0 Å². The minimum Gasteiger partial charge on any atom is -0.352 e. The molecule has 118 valence electrons. The van der Waals surface area contributed by atoms with Crippen LogP contribution in [0.2, 0.25) is 0 Å². The molecule has 7 heteroatoms. The van der Waals surface area contributed by atoms with Crippen LogP contribution in [0, 0.1) is 0 Å². The van der Waals surface area contributed by atoms with E-state index in [0.29, 0.717) is 6.42 Å². The van der Waals surface area contributed by atoms with Gasteiger partial charge in [0, 0.05) is 13.1 Å². The maximum absolute atomic E-state index is 12.4. The topological polar surface area (TPSA) is 87.5 Å². The normalized spacial score (nSPS) is 16.9. The minimum absolute atomic E-state index is 0. The third-order valence-electron chi connectivity index (χ3n) is 3.66. The first kappa shape index (κ1) is 19.0. The maximum Gasteiger partial charge on any atom is 0.312 e. The minimum atomic E-state index is -0.631. The number of nitrogens with two attached hydrogens (primary N) is 1. The molecule has 0 spiro atoms. The van der Waals surface area contributed by atoms with Gasteiger partial charge >= 0.3 is 6.03 Å². The zero-order valence-electron chi connectivity index (χ0n) is 12.4. The quantitative estimate of drug-likeness (QED) is 0.680. The number of carbonyl (C=O) groups is 2. The Morgan fingerprint density at radius 1 is 1.40 bits per heavy atom. The third kappa shape index (κ3) is 5.96. The molecule has 20 heavy (non-hydrogen) atoms. The van der Waals surface area contributed by atoms with Gasteiger partial charge in [-0.2, -0.15) is 0 Å². The lowest BCUT2D eigenvalue weighted by Crippen LogP contribution is -2.53. The predicted molar refractivity (Wildman–Crippen MR) is 81.9 cm³/mol. The molecule has 0 saturated carbocycles. The number of urea groups is 1. The van der Waals surface area contributed by atoms with Crippen LogP contribution in [0.5, 0.6) is 0 Å². The van der Waals surface area contributed by atoms with E-state index in [1.165, 1.54) is 0 Å². The molecule has 0 aromatic heterocycles. The van der Waals surface area contributed by atoms with Gasteiger partial charge in [-0.25, -0.2) is 4.79 Å². The number of piperidine rings is 1. The highest BCUT2D eigenvalue weighted by molar-refractivity contribution is 5.86. The Bertz CT molecular complexity index is 309. The van der Waals surface area contributed by atoms with E-state index in [0.717, 1.165) is 38.8 Å². The van der Waals surface area contributed by atoms with Crippen molar-refractivity contribution in [2.45, 2.75) is 51.1 Å². The van der Waals surface area contributed by atoms with E-state index in [1.54, 1.807) is 4.90 Å². The molecule has 1 unspecified atom stereocenters. The van der Waals surface area contributed by atoms with Crippen molar-refractivity contribution in [1.29, 1.82) is 0 Å². The Morgan fingerprint density at radius 2 is 2.00 bits per heavy atom. The van der Waals surface area contributed by atoms with E-state index in [4.69, 9.17) is 5.73 Å². The number of primary amides is 1. The summed E-state index contributed by atoms with van der Waals surface area (Å²) in [5.74, 6) is -0.0286. The van der Waals surface area contributed by atoms with Crippen molar-refractivity contribution in [3.8, 4) is 0 Å². The Kier molecular flexibility index (Phi) is 9.33. The molecule has 6 nitrogen and oxygen atoms in total. The van der Waals surface area contributed by atoms with Gasteiger partial charge in [-0.05, 0) is 32.4 Å². The third-order valence-corrected chi connectivity index (χ3v) is 3.66. The summed E-state index contributed by atoms with van der Waals surface area (Å²) < 4.78 is 0. The van der Waals surface area contributed by atoms with Gasteiger partial charge in [0.2, 0.25) is 5.91 Å². The fraction of sp³-hybridized carbons (Fsp3) is 0.846. The predicted octanol–water partition coefficient (Wildman–Crippen LogP) is 0.846. The van der Waals surface area contributed by atoms with Crippen molar-refractivity contribution < 1.29 is 9.59 Å². The second kappa shape index (κ2) is 9.83. The zero-order chi connectivity index (χ0) is 14.3. The average molecular weight is 307 g/mol. The van der Waals surface area contributed by atoms with Gasteiger partial charge in [0.1, 0.15) is 6.04 Å². The first-order valence-electron chi connectivity index (χ1n) is 7.09. The van der Waals surface area contributed by atoms with E-state index in [-0.39, 0.29) is 24.4 Å². The lowest BCUT2D eigenvalue weighted by molar-refractivity contribution is -0.134. The number of unbranched alkanes of at least 4 members (excludes halogenated alkanes) is 1. The number of hydrogen-bond acceptors (Lipinski definition) is 3. The molecule has 3 amide bonds. The monoisotopic (exact) mass is 306 g/mol. The first-order valence-corrected chi connectivity index (χ1v) is 7.09. The van der Waals surface area contributed by atoms with Crippen LogP contribution in [-0.4, -0.2) is 49.1 Å². The van der Waals surface area contributed by atoms with Crippen LogP contribution in [0.4, 0.5) is 4.79 Å². The van der Waals surface area contributed by atoms with Gasteiger partial charge in [0.05, 0.1) is 0 Å². The summed E-state index contributed by atoms with van der Waals surface area (Å²) in [6.45, 7) is 3.93. The standard InChI is InChI=1S/C13H26N4O2.ClH/c1-3-4-5-11(16-13(14)19)12(18)17(2)10-6-8-15-9-7-10;/h10-11,15H,3-9H2,1-2H3,(H3,14,16,19);1H. The number of nitrogens with zero attached hydrogens (tertiary/aromatic N) is 1. The van der Waals surface area contributed by atoms with Crippen LogP contribution in [0.25, 0.3) is 0 Å². The second-order valence-corrected chi connectivity index (χ2v) is 5.13. The van der Waals surface area contributed by atoms with Gasteiger partial charge < -0.3 is 21.3 Å². The van der Waals surface area contributed by atoms with Crippen LogP contribution < -0.4 is 16.4 Å². The number of halogens is 1. The molecule has 1 rings (SSSR count). The molecule has 0 radical (unpaired) electrons. The number of amides is 3. The molecule has 0 bridgehead atoms. The van der Waals surface area contributed by atoms with E-state index >= 15 is 0 Å². The number of rotatable bonds is 6. The van der Waals surface area contributed by atoms with E-state index in [1.807, 2.05) is 7.05 Å². The number of nitrogens with one attached hydrogen (secondary N) is 2. The van der Waals surface area contributed by atoms with Gasteiger partial charge in [-0.3, -0.25) is 4.79 Å². The van der Waals surface area contributed by atoms with Crippen LogP contribution in [-0.2, 0) is 4.79 Å². The molecule has 4 N–H and O–H groups in total. The summed E-state index contributed by atoms with van der Waals surface area (Å²) >= 11 is 0. The summed E-state index contributed by atoms with van der Waals surface area (Å²) in [4.78, 5) is 25.2. The van der Waals surface area contributed by atoms with Gasteiger partial charge in [-0.15, -0.1) is 12.4 Å². The number of hydrogen-bond donors (Lipinski definition) is 3. The summed E-state index contributed by atoms with van der Waals surface area (Å²) in [5, 5.41) is 5.84. The van der Waals surface area contributed by atoms with Gasteiger partial charge in [-0.1, -0.05) is 19.8 Å². The van der Waals surface area contributed by atoms with Crippen molar-refractivity contribution >= 4 is 24.3 Å². The molecule has 1 fully saturated rings. The number of likely N-dealkylation sites (N-methyl/N-ethyl adjacent to an activating group) is 1. The molecule has 0 aromatic rings. The summed E-state index contributed by atoms with van der Waals surface area (Å²) in [6, 6.07) is -0.863. The smallest absolute Gasteiger partial charge is 0.312 e. The molecule has 1 aliphatic rings. The molecular weight excluding hydrogens is 280 g/mol. The highest BCUT2D eigenvalue weighted by Crippen LogP contribution is 2.13. The molecule has 0 aliphatic carbocycles. The van der Waals surface area contributed by atoms with Crippen LogP contribution in [0.1, 0.15) is 39.0 Å². The highest BCUT2D eigenvalue weighted by atomic mass is 35.5. The molecule has 1 heterocycles. The van der Waals surface area contributed by atoms with E-state index in [9.17, 15) is 9.59 Å². The summed E-state index contributed by atoms with van der Waals surface area (Å²) in [7, 11) is 1.82. The van der Waals surface area contributed by atoms with Crippen molar-refractivity contribution in [3.63, 3.8) is 0 Å². The Balaban J connectivity index is 0.00000361. The van der Waals surface area contributed by atoms with E-state index < -0.39 is 12.1 Å².